The zero-order valence-electron chi connectivity index (χ0n) is 14.9. The Balaban J connectivity index is 1.87. The van der Waals surface area contributed by atoms with Crippen molar-refractivity contribution in [3.8, 4) is 0 Å². The first-order valence-corrected chi connectivity index (χ1v) is 8.57. The molecule has 2 atom stereocenters. The molecule has 1 aliphatic rings. The van der Waals surface area contributed by atoms with Crippen LogP contribution in [0.1, 0.15) is 16.8 Å². The predicted octanol–water partition coefficient (Wildman–Crippen LogP) is -0.923. The fourth-order valence-electron chi connectivity index (χ4n) is 2.39. The lowest BCUT2D eigenvalue weighted by molar-refractivity contribution is -0.138. The van der Waals surface area contributed by atoms with Crippen molar-refractivity contribution in [3.05, 3.63) is 29.8 Å². The van der Waals surface area contributed by atoms with Gasteiger partial charge in [0.1, 0.15) is 6.17 Å². The summed E-state index contributed by atoms with van der Waals surface area (Å²) in [5, 5.41) is 28.2. The van der Waals surface area contributed by atoms with E-state index >= 15 is 0 Å². The number of halogens is 1. The fraction of sp³-hybridized carbons (Fsp3) is 0.412. The number of amides is 2. The van der Waals surface area contributed by atoms with E-state index in [1.807, 2.05) is 0 Å². The number of aliphatic imine (C=N–C) groups is 1. The van der Waals surface area contributed by atoms with Crippen molar-refractivity contribution in [2.45, 2.75) is 18.6 Å². The lowest BCUT2D eigenvalue weighted by Gasteiger charge is -2.19. The maximum Gasteiger partial charge on any atom is 0.305 e. The standard InChI is InChI=1S/C17H22FN5O5/c18-11-6-20-17(21-7-11)23-12-3-1-2-10(4-12)16(28)19-8-14(25)22-13(9-24)5-15(26)27/h1-4,11,13,24H,5-9H2,(H,19,28)(H,22,25)(H,26,27)(H2,20,21,23)/t13-/m0/s1. The number of guanidine groups is 1. The highest BCUT2D eigenvalue weighted by Crippen LogP contribution is 2.11. The second-order valence-corrected chi connectivity index (χ2v) is 6.10. The van der Waals surface area contributed by atoms with Gasteiger partial charge >= 0.3 is 5.97 Å². The van der Waals surface area contributed by atoms with E-state index in [0.717, 1.165) is 0 Å². The number of carbonyl (C=O) groups is 3. The van der Waals surface area contributed by atoms with E-state index in [9.17, 15) is 18.8 Å². The number of anilines is 1. The van der Waals surface area contributed by atoms with Crippen molar-refractivity contribution in [3.63, 3.8) is 0 Å². The second-order valence-electron chi connectivity index (χ2n) is 6.10. The minimum absolute atomic E-state index is 0.0569. The van der Waals surface area contributed by atoms with Crippen LogP contribution in [0.25, 0.3) is 0 Å². The molecule has 0 saturated heterocycles. The van der Waals surface area contributed by atoms with Gasteiger partial charge in [-0.3, -0.25) is 14.4 Å². The van der Waals surface area contributed by atoms with Crippen LogP contribution in [0.2, 0.25) is 0 Å². The SMILES string of the molecule is O=C(O)C[C@@H](CO)NC(=O)CNC(=O)c1cccc(NC2=NCC(F)CN2)c1. The number of hydrogen-bond acceptors (Lipinski definition) is 7. The van der Waals surface area contributed by atoms with Crippen molar-refractivity contribution < 1.29 is 29.0 Å². The molecule has 2 amide bonds. The van der Waals surface area contributed by atoms with E-state index in [0.29, 0.717) is 11.6 Å². The number of aliphatic hydroxyl groups is 1. The number of nitrogens with zero attached hydrogens (tertiary/aromatic N) is 1. The summed E-state index contributed by atoms with van der Waals surface area (Å²) >= 11 is 0. The summed E-state index contributed by atoms with van der Waals surface area (Å²) < 4.78 is 13.1. The molecule has 0 radical (unpaired) electrons. The van der Waals surface area contributed by atoms with Gasteiger partial charge in [-0.15, -0.1) is 0 Å². The largest absolute Gasteiger partial charge is 0.481 e. The number of nitrogens with one attached hydrogen (secondary N) is 4. The fourth-order valence-corrected chi connectivity index (χ4v) is 2.39. The van der Waals surface area contributed by atoms with Gasteiger partial charge in [0.2, 0.25) is 5.91 Å². The summed E-state index contributed by atoms with van der Waals surface area (Å²) in [7, 11) is 0. The van der Waals surface area contributed by atoms with E-state index in [-0.39, 0.29) is 25.2 Å². The third-order valence-electron chi connectivity index (χ3n) is 3.74. The van der Waals surface area contributed by atoms with E-state index in [4.69, 9.17) is 10.2 Å². The third kappa shape index (κ3) is 6.83. The highest BCUT2D eigenvalue weighted by Gasteiger charge is 2.16. The normalized spacial score (nSPS) is 16.9. The smallest absolute Gasteiger partial charge is 0.305 e. The number of aliphatic carboxylic acids is 1. The van der Waals surface area contributed by atoms with E-state index in [1.54, 1.807) is 24.3 Å². The van der Waals surface area contributed by atoms with Gasteiger partial charge in [0, 0.05) is 11.3 Å². The zero-order valence-corrected chi connectivity index (χ0v) is 14.9. The Morgan fingerprint density at radius 1 is 1.36 bits per heavy atom. The number of hydrogen-bond donors (Lipinski definition) is 6. The predicted molar refractivity (Wildman–Crippen MR) is 98.9 cm³/mol. The molecular weight excluding hydrogens is 373 g/mol. The Labute approximate surface area is 160 Å². The first-order valence-electron chi connectivity index (χ1n) is 8.57. The molecule has 1 aromatic carbocycles. The summed E-state index contributed by atoms with van der Waals surface area (Å²) in [5.41, 5.74) is 0.837. The van der Waals surface area contributed by atoms with Crippen LogP contribution < -0.4 is 21.3 Å². The van der Waals surface area contributed by atoms with Crippen LogP contribution in [-0.2, 0) is 9.59 Å². The summed E-state index contributed by atoms with van der Waals surface area (Å²) in [5.74, 6) is -1.89. The molecule has 2 rings (SSSR count). The molecule has 1 aromatic rings. The van der Waals surface area contributed by atoms with Crippen molar-refractivity contribution in [2.75, 3.05) is 31.6 Å². The molecule has 152 valence electrons. The maximum absolute atomic E-state index is 13.1. The average molecular weight is 395 g/mol. The van der Waals surface area contributed by atoms with Crippen LogP contribution in [0.5, 0.6) is 0 Å². The number of carbonyl (C=O) groups excluding carboxylic acids is 2. The molecule has 11 heteroatoms. The highest BCUT2D eigenvalue weighted by molar-refractivity contribution is 5.99. The summed E-state index contributed by atoms with van der Waals surface area (Å²) in [6.45, 7) is -0.696. The lowest BCUT2D eigenvalue weighted by Crippen LogP contribution is -2.44. The molecule has 10 nitrogen and oxygen atoms in total. The van der Waals surface area contributed by atoms with Gasteiger partial charge < -0.3 is 31.5 Å². The molecule has 1 aliphatic heterocycles. The van der Waals surface area contributed by atoms with Crippen LogP contribution >= 0.6 is 0 Å². The molecule has 6 N–H and O–H groups in total. The lowest BCUT2D eigenvalue weighted by atomic mass is 10.2. The van der Waals surface area contributed by atoms with Crippen LogP contribution in [0, 0.1) is 0 Å². The monoisotopic (exact) mass is 395 g/mol. The van der Waals surface area contributed by atoms with Gasteiger partial charge in [-0.2, -0.15) is 0 Å². The Morgan fingerprint density at radius 3 is 2.79 bits per heavy atom. The van der Waals surface area contributed by atoms with Crippen LogP contribution in [-0.4, -0.2) is 72.4 Å². The zero-order chi connectivity index (χ0) is 20.5. The molecular formula is C17H22FN5O5. The Bertz CT molecular complexity index is 757. The number of aliphatic hydroxyl groups excluding tert-OH is 1. The van der Waals surface area contributed by atoms with Gasteiger partial charge in [0.05, 0.1) is 38.7 Å². The Kier molecular flexibility index (Phi) is 7.69. The summed E-state index contributed by atoms with van der Waals surface area (Å²) in [6.07, 6.45) is -1.46. The molecule has 0 spiro atoms. The van der Waals surface area contributed by atoms with Gasteiger partial charge in [-0.1, -0.05) is 6.07 Å². The first kappa shape index (κ1) is 21.1. The average Bonchev–Trinajstić information content (AvgIpc) is 2.67. The number of benzene rings is 1. The van der Waals surface area contributed by atoms with Crippen molar-refractivity contribution in [1.82, 2.24) is 16.0 Å². The van der Waals surface area contributed by atoms with Crippen LogP contribution in [0.3, 0.4) is 0 Å². The van der Waals surface area contributed by atoms with Gasteiger partial charge in [0.15, 0.2) is 5.96 Å². The van der Waals surface area contributed by atoms with Gasteiger partial charge in [-0.25, -0.2) is 9.38 Å². The molecule has 0 aliphatic carbocycles. The van der Waals surface area contributed by atoms with Crippen molar-refractivity contribution in [2.24, 2.45) is 4.99 Å². The topological polar surface area (TPSA) is 152 Å². The van der Waals surface area contributed by atoms with Crippen LogP contribution in [0.15, 0.2) is 29.3 Å². The van der Waals surface area contributed by atoms with Crippen molar-refractivity contribution in [1.29, 1.82) is 0 Å². The van der Waals surface area contributed by atoms with Crippen molar-refractivity contribution >= 4 is 29.4 Å². The molecule has 1 heterocycles. The minimum Gasteiger partial charge on any atom is -0.481 e. The molecule has 0 bridgehead atoms. The Morgan fingerprint density at radius 2 is 2.14 bits per heavy atom. The number of rotatable bonds is 8. The Hall–Kier alpha value is -3.21. The van der Waals surface area contributed by atoms with Gasteiger partial charge in [-0.05, 0) is 18.2 Å². The summed E-state index contributed by atoms with van der Waals surface area (Å²) in [4.78, 5) is 38.6. The number of carboxylic acid groups (broad SMARTS) is 1. The second kappa shape index (κ2) is 10.2. The highest BCUT2D eigenvalue weighted by atomic mass is 19.1. The third-order valence-corrected chi connectivity index (χ3v) is 3.74. The van der Waals surface area contributed by atoms with E-state index in [2.05, 4.69) is 26.3 Å². The molecule has 0 fully saturated rings. The van der Waals surface area contributed by atoms with E-state index in [1.165, 1.54) is 0 Å². The van der Waals surface area contributed by atoms with E-state index < -0.39 is 43.0 Å². The minimum atomic E-state index is -1.16. The quantitative estimate of drug-likeness (QED) is 0.333. The van der Waals surface area contributed by atoms with Gasteiger partial charge in [0.25, 0.3) is 5.91 Å². The number of carboxylic acids is 1. The number of alkyl halides is 1. The van der Waals surface area contributed by atoms with Crippen LogP contribution in [0.4, 0.5) is 10.1 Å². The summed E-state index contributed by atoms with van der Waals surface area (Å²) in [6, 6.07) is 5.50. The molecule has 0 saturated carbocycles. The molecule has 28 heavy (non-hydrogen) atoms. The molecule has 0 aromatic heterocycles. The maximum atomic E-state index is 13.1. The first-order chi connectivity index (χ1) is 13.4. The molecule has 1 unspecified atom stereocenters.